The minimum Gasteiger partial charge on any atom is -0.497 e. The van der Waals surface area contributed by atoms with E-state index in [4.69, 9.17) is 4.74 Å². The summed E-state index contributed by atoms with van der Waals surface area (Å²) in [5.74, 6) is 0.0955. The van der Waals surface area contributed by atoms with Crippen molar-refractivity contribution in [3.05, 3.63) is 59.9 Å². The Labute approximate surface area is 158 Å². The van der Waals surface area contributed by atoms with Gasteiger partial charge in [-0.15, -0.1) is 0 Å². The van der Waals surface area contributed by atoms with Crippen molar-refractivity contribution in [1.29, 1.82) is 0 Å². The van der Waals surface area contributed by atoms with Crippen molar-refractivity contribution in [2.45, 2.75) is 12.8 Å². The highest BCUT2D eigenvalue weighted by Crippen LogP contribution is 2.24. The molecule has 0 aromatic heterocycles. The molecule has 0 bridgehead atoms. The summed E-state index contributed by atoms with van der Waals surface area (Å²) >= 11 is 0. The lowest BCUT2D eigenvalue weighted by Gasteiger charge is -2.34. The van der Waals surface area contributed by atoms with Crippen LogP contribution in [0, 0.1) is 11.7 Å². The Kier molecular flexibility index (Phi) is 5.74. The standard InChI is InChI=1S/C21H23FN2O3/c1-23(18-6-8-19(27-2)9-7-18)21(26)24-12-10-15(11-13-24)20(25)16-4-3-5-17(22)14-16/h3-9,14-15H,10-13H2,1-2H3. The molecule has 27 heavy (non-hydrogen) atoms. The van der Waals surface area contributed by atoms with E-state index >= 15 is 0 Å². The quantitative estimate of drug-likeness (QED) is 0.765. The molecular weight excluding hydrogens is 347 g/mol. The Hall–Kier alpha value is -2.89. The van der Waals surface area contributed by atoms with Crippen molar-refractivity contribution in [2.75, 3.05) is 32.1 Å². The SMILES string of the molecule is COc1ccc(N(C)C(=O)N2CCC(C(=O)c3cccc(F)c3)CC2)cc1. The lowest BCUT2D eigenvalue weighted by molar-refractivity contribution is 0.0857. The molecule has 0 aliphatic carbocycles. The third-order valence-corrected chi connectivity index (χ3v) is 4.99. The lowest BCUT2D eigenvalue weighted by Crippen LogP contribution is -2.46. The van der Waals surface area contributed by atoms with Gasteiger partial charge < -0.3 is 9.64 Å². The molecule has 0 saturated carbocycles. The lowest BCUT2D eigenvalue weighted by atomic mass is 9.89. The van der Waals surface area contributed by atoms with E-state index in [2.05, 4.69) is 0 Å². The molecule has 1 aliphatic heterocycles. The summed E-state index contributed by atoms with van der Waals surface area (Å²) in [4.78, 5) is 28.6. The van der Waals surface area contributed by atoms with Gasteiger partial charge in [-0.3, -0.25) is 9.69 Å². The first-order chi connectivity index (χ1) is 13.0. The van der Waals surface area contributed by atoms with Crippen LogP contribution in [0.3, 0.4) is 0 Å². The summed E-state index contributed by atoms with van der Waals surface area (Å²) in [5, 5.41) is 0. The van der Waals surface area contributed by atoms with Crippen molar-refractivity contribution in [3.63, 3.8) is 0 Å². The fourth-order valence-corrected chi connectivity index (χ4v) is 3.34. The van der Waals surface area contributed by atoms with Crippen LogP contribution in [-0.2, 0) is 0 Å². The molecule has 1 fully saturated rings. The van der Waals surface area contributed by atoms with Crippen molar-refractivity contribution in [2.24, 2.45) is 5.92 Å². The Balaban J connectivity index is 1.59. The number of ketones is 1. The maximum absolute atomic E-state index is 13.3. The van der Waals surface area contributed by atoms with Crippen LogP contribution in [-0.4, -0.2) is 44.0 Å². The molecular formula is C21H23FN2O3. The zero-order valence-electron chi connectivity index (χ0n) is 15.5. The second-order valence-corrected chi connectivity index (χ2v) is 6.68. The fourth-order valence-electron chi connectivity index (χ4n) is 3.34. The summed E-state index contributed by atoms with van der Waals surface area (Å²) in [7, 11) is 3.33. The first kappa shape index (κ1) is 18.9. The zero-order valence-corrected chi connectivity index (χ0v) is 15.5. The second-order valence-electron chi connectivity index (χ2n) is 6.68. The van der Waals surface area contributed by atoms with E-state index < -0.39 is 5.82 Å². The minimum atomic E-state index is -0.408. The van der Waals surface area contributed by atoms with E-state index in [0.717, 1.165) is 11.4 Å². The third-order valence-electron chi connectivity index (χ3n) is 4.99. The zero-order chi connectivity index (χ0) is 19.4. The van der Waals surface area contributed by atoms with Crippen molar-refractivity contribution in [3.8, 4) is 5.75 Å². The van der Waals surface area contributed by atoms with Gasteiger partial charge in [0.2, 0.25) is 0 Å². The second kappa shape index (κ2) is 8.20. The molecule has 2 aromatic carbocycles. The summed E-state index contributed by atoms with van der Waals surface area (Å²) < 4.78 is 18.5. The number of benzene rings is 2. The van der Waals surface area contributed by atoms with Crippen LogP contribution in [0.2, 0.25) is 0 Å². The van der Waals surface area contributed by atoms with E-state index in [0.29, 0.717) is 31.5 Å². The van der Waals surface area contributed by atoms with Crippen molar-refractivity contribution >= 4 is 17.5 Å². The molecule has 0 spiro atoms. The van der Waals surface area contributed by atoms with E-state index in [9.17, 15) is 14.0 Å². The number of urea groups is 1. The number of carbonyl (C=O) groups is 2. The van der Waals surface area contributed by atoms with Gasteiger partial charge in [-0.1, -0.05) is 12.1 Å². The monoisotopic (exact) mass is 370 g/mol. The maximum Gasteiger partial charge on any atom is 0.324 e. The molecule has 6 heteroatoms. The van der Waals surface area contributed by atoms with Crippen LogP contribution in [0.15, 0.2) is 48.5 Å². The number of likely N-dealkylation sites (tertiary alicyclic amines) is 1. The van der Waals surface area contributed by atoms with Crippen LogP contribution >= 0.6 is 0 Å². The van der Waals surface area contributed by atoms with E-state index in [-0.39, 0.29) is 17.7 Å². The van der Waals surface area contributed by atoms with Gasteiger partial charge in [0.05, 0.1) is 7.11 Å². The fraction of sp³-hybridized carbons (Fsp3) is 0.333. The third kappa shape index (κ3) is 4.27. The van der Waals surface area contributed by atoms with Crippen LogP contribution in [0.5, 0.6) is 5.75 Å². The number of anilines is 1. The van der Waals surface area contributed by atoms with E-state index in [1.807, 2.05) is 24.3 Å². The van der Waals surface area contributed by atoms with E-state index in [1.165, 1.54) is 12.1 Å². The Morgan fingerprint density at radius 1 is 1.11 bits per heavy atom. The summed E-state index contributed by atoms with van der Waals surface area (Å²) in [6, 6.07) is 13.0. The van der Waals surface area contributed by atoms with Gasteiger partial charge in [-0.25, -0.2) is 9.18 Å². The largest absolute Gasteiger partial charge is 0.497 e. The number of hydrogen-bond acceptors (Lipinski definition) is 3. The van der Waals surface area contributed by atoms with Gasteiger partial charge in [-0.05, 0) is 49.2 Å². The molecule has 1 heterocycles. The molecule has 0 unspecified atom stereocenters. The van der Waals surface area contributed by atoms with Gasteiger partial charge in [0.1, 0.15) is 11.6 Å². The van der Waals surface area contributed by atoms with Gasteiger partial charge in [0, 0.05) is 37.3 Å². The van der Waals surface area contributed by atoms with Crippen molar-refractivity contribution < 1.29 is 18.7 Å². The number of carbonyl (C=O) groups excluding carboxylic acids is 2. The van der Waals surface area contributed by atoms with Gasteiger partial charge in [0.25, 0.3) is 0 Å². The van der Waals surface area contributed by atoms with Crippen molar-refractivity contribution in [1.82, 2.24) is 4.90 Å². The Bertz CT molecular complexity index is 814. The number of halogens is 1. The molecule has 0 radical (unpaired) electrons. The molecule has 5 nitrogen and oxygen atoms in total. The van der Waals surface area contributed by atoms with Crippen LogP contribution in [0.4, 0.5) is 14.9 Å². The molecule has 2 aromatic rings. The van der Waals surface area contributed by atoms with Crippen LogP contribution in [0.1, 0.15) is 23.2 Å². The first-order valence-electron chi connectivity index (χ1n) is 8.96. The summed E-state index contributed by atoms with van der Waals surface area (Å²) in [5.41, 5.74) is 1.17. The predicted molar refractivity (Wildman–Crippen MR) is 102 cm³/mol. The minimum absolute atomic E-state index is 0.0508. The van der Waals surface area contributed by atoms with Gasteiger partial charge >= 0.3 is 6.03 Å². The smallest absolute Gasteiger partial charge is 0.324 e. The molecule has 0 atom stereocenters. The Morgan fingerprint density at radius 3 is 2.37 bits per heavy atom. The normalized spacial score (nSPS) is 14.7. The van der Waals surface area contributed by atoms with Gasteiger partial charge in [-0.2, -0.15) is 0 Å². The number of rotatable bonds is 4. The molecule has 2 amide bonds. The topological polar surface area (TPSA) is 49.9 Å². The molecule has 1 saturated heterocycles. The molecule has 0 N–H and O–H groups in total. The van der Waals surface area contributed by atoms with Gasteiger partial charge in [0.15, 0.2) is 5.78 Å². The Morgan fingerprint density at radius 2 is 1.78 bits per heavy atom. The number of hydrogen-bond donors (Lipinski definition) is 0. The van der Waals surface area contributed by atoms with E-state index in [1.54, 1.807) is 36.1 Å². The number of Topliss-reactive ketones (excluding diaryl/α,β-unsaturated/α-hetero) is 1. The van der Waals surface area contributed by atoms with Crippen LogP contribution < -0.4 is 9.64 Å². The molecule has 142 valence electrons. The number of amides is 2. The number of piperidine rings is 1. The molecule has 3 rings (SSSR count). The highest BCUT2D eigenvalue weighted by atomic mass is 19.1. The highest BCUT2D eigenvalue weighted by Gasteiger charge is 2.29. The molecule has 1 aliphatic rings. The number of methoxy groups -OCH3 is 1. The average molecular weight is 370 g/mol. The maximum atomic E-state index is 13.3. The number of nitrogens with zero attached hydrogens (tertiary/aromatic N) is 2. The predicted octanol–water partition coefficient (Wildman–Crippen LogP) is 3.99. The number of ether oxygens (including phenoxy) is 1. The summed E-state index contributed by atoms with van der Waals surface area (Å²) in [6.07, 6.45) is 1.16. The van der Waals surface area contributed by atoms with Crippen LogP contribution in [0.25, 0.3) is 0 Å². The average Bonchev–Trinajstić information content (AvgIpc) is 2.72. The highest BCUT2D eigenvalue weighted by molar-refractivity contribution is 5.98. The summed E-state index contributed by atoms with van der Waals surface area (Å²) in [6.45, 7) is 1.01. The first-order valence-corrected chi connectivity index (χ1v) is 8.96.